The lowest BCUT2D eigenvalue weighted by Crippen LogP contribution is -2.12. The molecule has 0 saturated carbocycles. The molecule has 3 aromatic rings. The second-order valence-electron chi connectivity index (χ2n) is 3.76. The van der Waals surface area contributed by atoms with Crippen molar-refractivity contribution in [3.8, 4) is 0 Å². The quantitative estimate of drug-likeness (QED) is 0.788. The summed E-state index contributed by atoms with van der Waals surface area (Å²) < 4.78 is 1.19. The summed E-state index contributed by atoms with van der Waals surface area (Å²) in [5.74, 6) is 0. The molecule has 0 aliphatic heterocycles. The van der Waals surface area contributed by atoms with Gasteiger partial charge in [-0.15, -0.1) is 22.7 Å². The number of fused-ring (bicyclic) bond motifs is 1. The zero-order valence-corrected chi connectivity index (χ0v) is 10.7. The number of rotatable bonds is 3. The Hall–Kier alpha value is -1.30. The van der Waals surface area contributed by atoms with Crippen molar-refractivity contribution >= 4 is 32.9 Å². The van der Waals surface area contributed by atoms with Gasteiger partial charge in [0, 0.05) is 18.0 Å². The minimum atomic E-state index is -0.0569. The summed E-state index contributed by atoms with van der Waals surface area (Å²) >= 11 is 3.31. The molecule has 1 atom stereocenters. The van der Waals surface area contributed by atoms with Crippen molar-refractivity contribution in [1.29, 1.82) is 0 Å². The molecule has 0 bridgehead atoms. The van der Waals surface area contributed by atoms with E-state index in [1.807, 2.05) is 29.8 Å². The second-order valence-corrected chi connectivity index (χ2v) is 5.80. The highest BCUT2D eigenvalue weighted by Gasteiger charge is 2.13. The summed E-state index contributed by atoms with van der Waals surface area (Å²) in [7, 11) is 0. The topological polar surface area (TPSA) is 51.8 Å². The van der Waals surface area contributed by atoms with Crippen LogP contribution in [-0.4, -0.2) is 9.97 Å². The van der Waals surface area contributed by atoms with Gasteiger partial charge in [-0.25, -0.2) is 9.97 Å². The van der Waals surface area contributed by atoms with Gasteiger partial charge in [0.15, 0.2) is 0 Å². The molecular weight excluding hydrogens is 250 g/mol. The molecular formula is C12H11N3S2. The van der Waals surface area contributed by atoms with Crippen LogP contribution in [0.15, 0.2) is 35.8 Å². The van der Waals surface area contributed by atoms with Crippen LogP contribution in [0.25, 0.3) is 10.2 Å². The summed E-state index contributed by atoms with van der Waals surface area (Å²) in [6.07, 6.45) is 2.57. The zero-order valence-electron chi connectivity index (χ0n) is 9.04. The molecule has 0 aliphatic rings. The first-order valence-corrected chi connectivity index (χ1v) is 7.02. The van der Waals surface area contributed by atoms with Gasteiger partial charge in [-0.05, 0) is 12.1 Å². The van der Waals surface area contributed by atoms with E-state index in [-0.39, 0.29) is 6.04 Å². The van der Waals surface area contributed by atoms with Gasteiger partial charge < -0.3 is 5.73 Å². The third-order valence-electron chi connectivity index (χ3n) is 2.51. The largest absolute Gasteiger partial charge is 0.322 e. The van der Waals surface area contributed by atoms with Crippen LogP contribution in [0.5, 0.6) is 0 Å². The van der Waals surface area contributed by atoms with E-state index in [0.717, 1.165) is 22.0 Å². The lowest BCUT2D eigenvalue weighted by atomic mass is 10.2. The Bertz CT molecular complexity index is 583. The highest BCUT2D eigenvalue weighted by atomic mass is 32.1. The van der Waals surface area contributed by atoms with Crippen molar-refractivity contribution in [2.75, 3.05) is 0 Å². The van der Waals surface area contributed by atoms with Crippen LogP contribution in [0.2, 0.25) is 0 Å². The van der Waals surface area contributed by atoms with Gasteiger partial charge in [0.2, 0.25) is 0 Å². The lowest BCUT2D eigenvalue weighted by molar-refractivity contribution is 0.713. The zero-order chi connectivity index (χ0) is 11.7. The standard InChI is InChI=1S/C12H11N3S2/c13-8(7-11-14-5-6-16-11)12-15-9-3-1-2-4-10(9)17-12/h1-6,8H,7,13H2. The predicted molar refractivity (Wildman–Crippen MR) is 72.4 cm³/mol. The average Bonchev–Trinajstić information content (AvgIpc) is 2.96. The Morgan fingerprint density at radius 2 is 2.18 bits per heavy atom. The van der Waals surface area contributed by atoms with Gasteiger partial charge in [-0.2, -0.15) is 0 Å². The van der Waals surface area contributed by atoms with E-state index < -0.39 is 0 Å². The third-order valence-corrected chi connectivity index (χ3v) is 4.48. The Balaban J connectivity index is 1.88. The summed E-state index contributed by atoms with van der Waals surface area (Å²) in [5, 5.41) is 4.03. The number of benzene rings is 1. The van der Waals surface area contributed by atoms with Gasteiger partial charge in [0.25, 0.3) is 0 Å². The summed E-state index contributed by atoms with van der Waals surface area (Å²) in [6, 6.07) is 8.06. The molecule has 17 heavy (non-hydrogen) atoms. The predicted octanol–water partition coefficient (Wildman–Crippen LogP) is 3.00. The number of thiazole rings is 2. The molecule has 0 amide bonds. The van der Waals surface area contributed by atoms with E-state index in [0.29, 0.717) is 0 Å². The molecule has 0 saturated heterocycles. The molecule has 0 aliphatic carbocycles. The molecule has 1 unspecified atom stereocenters. The number of aromatic nitrogens is 2. The number of hydrogen-bond donors (Lipinski definition) is 1. The maximum absolute atomic E-state index is 6.16. The molecule has 0 fully saturated rings. The Kier molecular flexibility index (Phi) is 2.88. The highest BCUT2D eigenvalue weighted by molar-refractivity contribution is 7.18. The smallest absolute Gasteiger partial charge is 0.111 e. The molecule has 0 spiro atoms. The minimum Gasteiger partial charge on any atom is -0.322 e. The molecule has 0 radical (unpaired) electrons. The van der Waals surface area contributed by atoms with E-state index in [1.165, 1.54) is 4.70 Å². The molecule has 86 valence electrons. The Morgan fingerprint density at radius 1 is 1.29 bits per heavy atom. The Labute approximate surface area is 107 Å². The molecule has 3 nitrogen and oxygen atoms in total. The Morgan fingerprint density at radius 3 is 2.94 bits per heavy atom. The molecule has 5 heteroatoms. The monoisotopic (exact) mass is 261 g/mol. The molecule has 2 aromatic heterocycles. The first-order valence-electron chi connectivity index (χ1n) is 5.32. The maximum atomic E-state index is 6.16. The van der Waals surface area contributed by atoms with Gasteiger partial charge >= 0.3 is 0 Å². The van der Waals surface area contributed by atoms with Crippen molar-refractivity contribution in [2.24, 2.45) is 5.73 Å². The van der Waals surface area contributed by atoms with Crippen LogP contribution in [0.3, 0.4) is 0 Å². The van der Waals surface area contributed by atoms with Crippen LogP contribution in [0.1, 0.15) is 16.1 Å². The fraction of sp³-hybridized carbons (Fsp3) is 0.167. The molecule has 3 rings (SSSR count). The maximum Gasteiger partial charge on any atom is 0.111 e. The minimum absolute atomic E-state index is 0.0569. The van der Waals surface area contributed by atoms with Gasteiger partial charge in [0.1, 0.15) is 5.01 Å². The van der Waals surface area contributed by atoms with Gasteiger partial charge in [-0.1, -0.05) is 12.1 Å². The van der Waals surface area contributed by atoms with E-state index in [4.69, 9.17) is 5.73 Å². The van der Waals surface area contributed by atoms with Crippen LogP contribution >= 0.6 is 22.7 Å². The second kappa shape index (κ2) is 4.52. The first-order chi connectivity index (χ1) is 8.33. The van der Waals surface area contributed by atoms with Crippen molar-refractivity contribution in [2.45, 2.75) is 12.5 Å². The average molecular weight is 261 g/mol. The first kappa shape index (κ1) is 10.8. The van der Waals surface area contributed by atoms with Crippen molar-refractivity contribution in [1.82, 2.24) is 9.97 Å². The molecule has 2 heterocycles. The van der Waals surface area contributed by atoms with Crippen molar-refractivity contribution < 1.29 is 0 Å². The highest BCUT2D eigenvalue weighted by Crippen LogP contribution is 2.27. The summed E-state index contributed by atoms with van der Waals surface area (Å²) in [6.45, 7) is 0. The van der Waals surface area contributed by atoms with Crippen LogP contribution in [0, 0.1) is 0 Å². The fourth-order valence-electron chi connectivity index (χ4n) is 1.68. The lowest BCUT2D eigenvalue weighted by Gasteiger charge is -2.04. The number of nitrogens with zero attached hydrogens (tertiary/aromatic N) is 2. The van der Waals surface area contributed by atoms with E-state index in [1.54, 1.807) is 22.7 Å². The van der Waals surface area contributed by atoms with Crippen molar-refractivity contribution in [3.05, 3.63) is 45.9 Å². The molecule has 2 N–H and O–H groups in total. The van der Waals surface area contributed by atoms with Crippen LogP contribution in [0.4, 0.5) is 0 Å². The summed E-state index contributed by atoms with van der Waals surface area (Å²) in [5.41, 5.74) is 7.19. The van der Waals surface area contributed by atoms with Crippen LogP contribution in [-0.2, 0) is 6.42 Å². The van der Waals surface area contributed by atoms with Crippen molar-refractivity contribution in [3.63, 3.8) is 0 Å². The van der Waals surface area contributed by atoms with Crippen LogP contribution < -0.4 is 5.73 Å². The summed E-state index contributed by atoms with van der Waals surface area (Å²) in [4.78, 5) is 8.81. The van der Waals surface area contributed by atoms with E-state index in [2.05, 4.69) is 16.0 Å². The SMILES string of the molecule is NC(Cc1nccs1)c1nc2ccccc2s1. The number of para-hydroxylation sites is 1. The molecule has 1 aromatic carbocycles. The third kappa shape index (κ3) is 2.22. The fourth-order valence-corrected chi connectivity index (χ4v) is 3.32. The van der Waals surface area contributed by atoms with Gasteiger partial charge in [-0.3, -0.25) is 0 Å². The van der Waals surface area contributed by atoms with E-state index >= 15 is 0 Å². The number of hydrogen-bond acceptors (Lipinski definition) is 5. The van der Waals surface area contributed by atoms with Gasteiger partial charge in [0.05, 0.1) is 21.3 Å². The number of nitrogens with two attached hydrogens (primary N) is 1. The van der Waals surface area contributed by atoms with E-state index in [9.17, 15) is 0 Å². The normalized spacial score (nSPS) is 13.0.